The third-order valence-corrected chi connectivity index (χ3v) is 6.13. The van der Waals surface area contributed by atoms with Crippen molar-refractivity contribution in [1.29, 1.82) is 0 Å². The van der Waals surface area contributed by atoms with Gasteiger partial charge in [-0.3, -0.25) is 4.55 Å². The van der Waals surface area contributed by atoms with Crippen molar-refractivity contribution in [3.63, 3.8) is 0 Å². The van der Waals surface area contributed by atoms with E-state index in [2.05, 4.69) is 0 Å². The summed E-state index contributed by atoms with van der Waals surface area (Å²) in [5, 5.41) is 0.653. The van der Waals surface area contributed by atoms with Crippen LogP contribution in [0, 0.1) is 6.92 Å². The molecular formula is C25H34ClNO6S. The maximum absolute atomic E-state index is 12.7. The maximum Gasteiger partial charge on any atom is 0.410 e. The van der Waals surface area contributed by atoms with E-state index in [9.17, 15) is 17.8 Å². The van der Waals surface area contributed by atoms with Gasteiger partial charge in [-0.1, -0.05) is 41.4 Å². The van der Waals surface area contributed by atoms with Gasteiger partial charge in [0.15, 0.2) is 0 Å². The Hall–Kier alpha value is -2.13. The fraction of sp³-hybridized carbons (Fsp3) is 0.480. The van der Waals surface area contributed by atoms with Crippen molar-refractivity contribution in [3.8, 4) is 0 Å². The SMILES string of the molecule is Cc1ccc(S(=O)(=O)O)c(CCOCCCN(CCc2cccc(Cl)c2)C(=O)OC(C)(C)C)c1. The first-order valence-corrected chi connectivity index (χ1v) is 13.0. The molecular weight excluding hydrogens is 478 g/mol. The molecule has 1 N–H and O–H groups in total. The van der Waals surface area contributed by atoms with Crippen molar-refractivity contribution in [2.45, 2.75) is 57.5 Å². The molecule has 0 bridgehead atoms. The standard InChI is InChI=1S/C25H34ClNO6S/c1-19-9-10-23(34(29,30)31)21(17-19)12-16-32-15-6-13-27(24(28)33-25(2,3)4)14-11-20-7-5-8-22(26)18-20/h5,7-10,17-18H,6,11-16H2,1-4H3,(H,29,30,31). The molecule has 0 unspecified atom stereocenters. The normalized spacial score (nSPS) is 11.9. The first kappa shape index (κ1) is 28.1. The first-order chi connectivity index (χ1) is 15.8. The van der Waals surface area contributed by atoms with Crippen LogP contribution in [0.3, 0.4) is 0 Å². The molecule has 0 saturated heterocycles. The van der Waals surface area contributed by atoms with Crippen molar-refractivity contribution in [2.24, 2.45) is 0 Å². The molecule has 188 valence electrons. The molecule has 0 aliphatic carbocycles. The highest BCUT2D eigenvalue weighted by Gasteiger charge is 2.22. The van der Waals surface area contributed by atoms with E-state index < -0.39 is 15.7 Å². The number of carbonyl (C=O) groups excluding carboxylic acids is 1. The van der Waals surface area contributed by atoms with Crippen molar-refractivity contribution in [3.05, 3.63) is 64.2 Å². The first-order valence-electron chi connectivity index (χ1n) is 11.2. The summed E-state index contributed by atoms with van der Waals surface area (Å²) < 4.78 is 43.8. The molecule has 0 saturated carbocycles. The second kappa shape index (κ2) is 12.5. The van der Waals surface area contributed by atoms with Gasteiger partial charge in [-0.05, 0) is 76.3 Å². The van der Waals surface area contributed by atoms with E-state index in [1.807, 2.05) is 52.0 Å². The Morgan fingerprint density at radius 3 is 2.44 bits per heavy atom. The number of ether oxygens (including phenoxy) is 2. The van der Waals surface area contributed by atoms with Gasteiger partial charge in [0.1, 0.15) is 5.60 Å². The number of halogens is 1. The summed E-state index contributed by atoms with van der Waals surface area (Å²) in [5.74, 6) is 0. The van der Waals surface area contributed by atoms with Crippen LogP contribution >= 0.6 is 11.6 Å². The zero-order valence-corrected chi connectivity index (χ0v) is 21.8. The Balaban J connectivity index is 1.87. The average molecular weight is 512 g/mol. The van der Waals surface area contributed by atoms with E-state index in [1.165, 1.54) is 6.07 Å². The van der Waals surface area contributed by atoms with Crippen LogP contribution in [-0.4, -0.2) is 55.9 Å². The average Bonchev–Trinajstić information content (AvgIpc) is 2.70. The van der Waals surface area contributed by atoms with Crippen LogP contribution in [-0.2, 0) is 32.4 Å². The van der Waals surface area contributed by atoms with E-state index in [0.29, 0.717) is 56.2 Å². The molecule has 0 heterocycles. The van der Waals surface area contributed by atoms with Crippen LogP contribution in [0.5, 0.6) is 0 Å². The second-order valence-corrected chi connectivity index (χ2v) is 11.0. The van der Waals surface area contributed by atoms with Crippen molar-refractivity contribution >= 4 is 27.8 Å². The van der Waals surface area contributed by atoms with Gasteiger partial charge in [0, 0.05) is 24.7 Å². The Labute approximate surface area is 207 Å². The van der Waals surface area contributed by atoms with Crippen LogP contribution in [0.25, 0.3) is 0 Å². The summed E-state index contributed by atoms with van der Waals surface area (Å²) >= 11 is 6.06. The predicted molar refractivity (Wildman–Crippen MR) is 133 cm³/mol. The minimum absolute atomic E-state index is 0.0983. The number of hydrogen-bond donors (Lipinski definition) is 1. The third kappa shape index (κ3) is 10.0. The summed E-state index contributed by atoms with van der Waals surface area (Å²) in [6, 6.07) is 12.3. The van der Waals surface area contributed by atoms with Gasteiger partial charge in [0.2, 0.25) is 0 Å². The fourth-order valence-corrected chi connectivity index (χ4v) is 4.32. The highest BCUT2D eigenvalue weighted by Crippen LogP contribution is 2.18. The molecule has 0 radical (unpaired) electrons. The molecule has 0 atom stereocenters. The Bertz CT molecular complexity index is 1070. The van der Waals surface area contributed by atoms with Gasteiger partial charge in [-0.2, -0.15) is 8.42 Å². The molecule has 2 rings (SSSR count). The molecule has 9 heteroatoms. The summed E-state index contributed by atoms with van der Waals surface area (Å²) in [4.78, 5) is 14.2. The smallest absolute Gasteiger partial charge is 0.410 e. The number of amides is 1. The van der Waals surface area contributed by atoms with Gasteiger partial charge >= 0.3 is 6.09 Å². The lowest BCUT2D eigenvalue weighted by atomic mass is 10.1. The molecule has 1 amide bonds. The molecule has 0 fully saturated rings. The lowest BCUT2D eigenvalue weighted by molar-refractivity contribution is 0.0231. The molecule has 0 aliphatic rings. The summed E-state index contributed by atoms with van der Waals surface area (Å²) in [7, 11) is -4.29. The van der Waals surface area contributed by atoms with Crippen LogP contribution in [0.15, 0.2) is 47.4 Å². The highest BCUT2D eigenvalue weighted by atomic mass is 35.5. The predicted octanol–water partition coefficient (Wildman–Crippen LogP) is 5.32. The fourth-order valence-electron chi connectivity index (χ4n) is 3.37. The van der Waals surface area contributed by atoms with Crippen LogP contribution in [0.2, 0.25) is 5.02 Å². The van der Waals surface area contributed by atoms with Crippen LogP contribution < -0.4 is 0 Å². The third-order valence-electron chi connectivity index (χ3n) is 4.94. The van der Waals surface area contributed by atoms with Crippen molar-refractivity contribution in [1.82, 2.24) is 4.90 Å². The number of benzene rings is 2. The Kier molecular flexibility index (Phi) is 10.4. The molecule has 0 spiro atoms. The summed E-state index contributed by atoms with van der Waals surface area (Å²) in [6.07, 6.45) is 1.20. The molecule has 2 aromatic rings. The topological polar surface area (TPSA) is 93.1 Å². The van der Waals surface area contributed by atoms with Crippen LogP contribution in [0.1, 0.15) is 43.9 Å². The van der Waals surface area contributed by atoms with E-state index in [1.54, 1.807) is 17.0 Å². The second-order valence-electron chi connectivity index (χ2n) is 9.15. The molecule has 0 aliphatic heterocycles. The number of rotatable bonds is 11. The molecule has 7 nitrogen and oxygen atoms in total. The lowest BCUT2D eigenvalue weighted by Crippen LogP contribution is -2.39. The quantitative estimate of drug-likeness (QED) is 0.324. The minimum Gasteiger partial charge on any atom is -0.444 e. The summed E-state index contributed by atoms with van der Waals surface area (Å²) in [5.41, 5.74) is 1.85. The largest absolute Gasteiger partial charge is 0.444 e. The van der Waals surface area contributed by atoms with Gasteiger partial charge in [0.25, 0.3) is 10.1 Å². The molecule has 2 aromatic carbocycles. The Morgan fingerprint density at radius 2 is 1.79 bits per heavy atom. The number of nitrogens with zero attached hydrogens (tertiary/aromatic N) is 1. The van der Waals surface area contributed by atoms with Gasteiger partial charge in [-0.25, -0.2) is 4.79 Å². The summed E-state index contributed by atoms with van der Waals surface area (Å²) in [6.45, 7) is 8.96. The minimum atomic E-state index is -4.29. The number of aryl methyl sites for hydroxylation is 1. The van der Waals surface area contributed by atoms with Crippen molar-refractivity contribution in [2.75, 3.05) is 26.3 Å². The number of hydrogen-bond acceptors (Lipinski definition) is 5. The highest BCUT2D eigenvalue weighted by molar-refractivity contribution is 7.85. The molecule has 0 aromatic heterocycles. The zero-order valence-electron chi connectivity index (χ0n) is 20.2. The van der Waals surface area contributed by atoms with E-state index in [-0.39, 0.29) is 11.0 Å². The number of carbonyl (C=O) groups is 1. The van der Waals surface area contributed by atoms with Gasteiger partial charge < -0.3 is 14.4 Å². The van der Waals surface area contributed by atoms with Crippen molar-refractivity contribution < 1.29 is 27.2 Å². The van der Waals surface area contributed by atoms with E-state index in [0.717, 1.165) is 11.1 Å². The zero-order chi connectivity index (χ0) is 25.4. The monoisotopic (exact) mass is 511 g/mol. The maximum atomic E-state index is 12.7. The van der Waals surface area contributed by atoms with Gasteiger partial charge in [-0.15, -0.1) is 0 Å². The lowest BCUT2D eigenvalue weighted by Gasteiger charge is -2.27. The van der Waals surface area contributed by atoms with E-state index in [4.69, 9.17) is 21.1 Å². The van der Waals surface area contributed by atoms with E-state index >= 15 is 0 Å². The van der Waals surface area contributed by atoms with Gasteiger partial charge in [0.05, 0.1) is 11.5 Å². The van der Waals surface area contributed by atoms with Crippen LogP contribution in [0.4, 0.5) is 4.79 Å². The molecule has 34 heavy (non-hydrogen) atoms. The Morgan fingerprint density at radius 1 is 1.06 bits per heavy atom.